The van der Waals surface area contributed by atoms with Crippen LogP contribution in [0.25, 0.3) is 0 Å². The van der Waals surface area contributed by atoms with Crippen LogP contribution in [-0.2, 0) is 4.79 Å². The number of carboxylic acids is 1. The monoisotopic (exact) mass is 195 g/mol. The molecule has 0 bridgehead atoms. The Labute approximate surface area is 78.4 Å². The van der Waals surface area contributed by atoms with Crippen molar-refractivity contribution in [3.63, 3.8) is 0 Å². The summed E-state index contributed by atoms with van der Waals surface area (Å²) in [4.78, 5) is 21.9. The largest absolute Gasteiger partial charge is 0.479 e. The lowest BCUT2D eigenvalue weighted by atomic mass is 10.1. The van der Waals surface area contributed by atoms with Crippen LogP contribution in [0.15, 0.2) is 18.2 Å². The third-order valence-electron chi connectivity index (χ3n) is 2.09. The number of hydrogen-bond donors (Lipinski definition) is 2. The molecule has 0 aliphatic carbocycles. The van der Waals surface area contributed by atoms with Crippen LogP contribution in [0.4, 0.5) is 4.39 Å². The predicted molar refractivity (Wildman–Crippen MR) is 44.2 cm³/mol. The molecular weight excluding hydrogens is 189 g/mol. The average Bonchev–Trinajstić information content (AvgIpc) is 2.44. The second-order valence-electron chi connectivity index (χ2n) is 2.98. The maximum Gasteiger partial charge on any atom is 0.330 e. The lowest BCUT2D eigenvalue weighted by Gasteiger charge is -2.03. The summed E-state index contributed by atoms with van der Waals surface area (Å²) in [6.45, 7) is 0. The minimum absolute atomic E-state index is 0.0948. The standard InChI is InChI=1S/C9H6FNO3/c10-4-1-2-5-6(3-4)8(12)11-7(5)9(13)14/h1-3,7H,(H,11,12)(H,13,14). The molecule has 1 unspecified atom stereocenters. The van der Waals surface area contributed by atoms with Crippen LogP contribution in [0.2, 0.25) is 0 Å². The zero-order valence-electron chi connectivity index (χ0n) is 6.95. The highest BCUT2D eigenvalue weighted by molar-refractivity contribution is 6.03. The lowest BCUT2D eigenvalue weighted by molar-refractivity contribution is -0.139. The lowest BCUT2D eigenvalue weighted by Crippen LogP contribution is -2.25. The minimum Gasteiger partial charge on any atom is -0.479 e. The molecular formula is C9H6FNO3. The van der Waals surface area contributed by atoms with E-state index in [1.165, 1.54) is 6.07 Å². The van der Waals surface area contributed by atoms with Crippen molar-refractivity contribution < 1.29 is 19.1 Å². The number of carbonyl (C=O) groups is 2. The summed E-state index contributed by atoms with van der Waals surface area (Å²) in [5.74, 6) is -2.25. The topological polar surface area (TPSA) is 66.4 Å². The number of benzene rings is 1. The number of fused-ring (bicyclic) bond motifs is 1. The van der Waals surface area contributed by atoms with Gasteiger partial charge in [-0.05, 0) is 17.7 Å². The van der Waals surface area contributed by atoms with Gasteiger partial charge in [-0.2, -0.15) is 0 Å². The average molecular weight is 195 g/mol. The van der Waals surface area contributed by atoms with Crippen LogP contribution >= 0.6 is 0 Å². The molecule has 72 valence electrons. The van der Waals surface area contributed by atoms with Gasteiger partial charge in [0.05, 0.1) is 0 Å². The van der Waals surface area contributed by atoms with Gasteiger partial charge in [0, 0.05) is 5.56 Å². The molecule has 0 aromatic heterocycles. The van der Waals surface area contributed by atoms with Crippen molar-refractivity contribution in [2.75, 3.05) is 0 Å². The van der Waals surface area contributed by atoms with E-state index in [1.54, 1.807) is 0 Å². The van der Waals surface area contributed by atoms with E-state index in [1.807, 2.05) is 0 Å². The summed E-state index contributed by atoms with van der Waals surface area (Å²) >= 11 is 0. The van der Waals surface area contributed by atoms with Crippen molar-refractivity contribution in [3.8, 4) is 0 Å². The van der Waals surface area contributed by atoms with Crippen LogP contribution < -0.4 is 5.32 Å². The Morgan fingerprint density at radius 3 is 2.86 bits per heavy atom. The SMILES string of the molecule is O=C1NC(C(=O)O)c2ccc(F)cc21. The molecule has 0 spiro atoms. The van der Waals surface area contributed by atoms with Gasteiger partial charge in [-0.25, -0.2) is 9.18 Å². The predicted octanol–water partition coefficient (Wildman–Crippen LogP) is 0.695. The molecule has 2 N–H and O–H groups in total. The molecule has 1 aromatic carbocycles. The van der Waals surface area contributed by atoms with Crippen molar-refractivity contribution in [2.45, 2.75) is 6.04 Å². The number of rotatable bonds is 1. The third kappa shape index (κ3) is 1.14. The molecule has 1 aromatic rings. The number of hydrogen-bond acceptors (Lipinski definition) is 2. The Balaban J connectivity index is 2.55. The molecule has 0 saturated carbocycles. The molecule has 0 radical (unpaired) electrons. The van der Waals surface area contributed by atoms with Gasteiger partial charge in [0.1, 0.15) is 5.82 Å². The second-order valence-corrected chi connectivity index (χ2v) is 2.98. The number of halogens is 1. The maximum absolute atomic E-state index is 12.7. The van der Waals surface area contributed by atoms with E-state index in [2.05, 4.69) is 5.32 Å². The first-order chi connectivity index (χ1) is 6.59. The molecule has 0 fully saturated rings. The maximum atomic E-state index is 12.7. The van der Waals surface area contributed by atoms with E-state index in [0.717, 1.165) is 12.1 Å². The van der Waals surface area contributed by atoms with Gasteiger partial charge < -0.3 is 10.4 Å². The number of aliphatic carboxylic acids is 1. The van der Waals surface area contributed by atoms with Gasteiger partial charge in [-0.3, -0.25) is 4.79 Å². The molecule has 5 heteroatoms. The molecule has 1 atom stereocenters. The van der Waals surface area contributed by atoms with Crippen molar-refractivity contribution in [2.24, 2.45) is 0 Å². The highest BCUT2D eigenvalue weighted by Gasteiger charge is 2.33. The van der Waals surface area contributed by atoms with Crippen LogP contribution in [0.3, 0.4) is 0 Å². The molecule has 4 nitrogen and oxygen atoms in total. The molecule has 1 heterocycles. The number of carbonyl (C=O) groups excluding carboxylic acids is 1. The Morgan fingerprint density at radius 1 is 1.50 bits per heavy atom. The van der Waals surface area contributed by atoms with Crippen molar-refractivity contribution in [3.05, 3.63) is 35.1 Å². The first kappa shape index (κ1) is 8.68. The Morgan fingerprint density at radius 2 is 2.21 bits per heavy atom. The molecule has 2 rings (SSSR count). The highest BCUT2D eigenvalue weighted by Crippen LogP contribution is 2.25. The van der Waals surface area contributed by atoms with E-state index in [9.17, 15) is 14.0 Å². The fourth-order valence-corrected chi connectivity index (χ4v) is 1.46. The van der Waals surface area contributed by atoms with Gasteiger partial charge >= 0.3 is 5.97 Å². The highest BCUT2D eigenvalue weighted by atomic mass is 19.1. The molecule has 0 saturated heterocycles. The van der Waals surface area contributed by atoms with Gasteiger partial charge in [0.2, 0.25) is 0 Å². The number of amides is 1. The zero-order valence-corrected chi connectivity index (χ0v) is 6.95. The van der Waals surface area contributed by atoms with Crippen LogP contribution in [0.1, 0.15) is 22.0 Å². The normalized spacial score (nSPS) is 18.9. The summed E-state index contributed by atoms with van der Waals surface area (Å²) in [5.41, 5.74) is 0.404. The van der Waals surface area contributed by atoms with Crippen LogP contribution in [0.5, 0.6) is 0 Å². The van der Waals surface area contributed by atoms with E-state index < -0.39 is 23.7 Å². The summed E-state index contributed by atoms with van der Waals surface area (Å²) in [6.07, 6.45) is 0. The quantitative estimate of drug-likeness (QED) is 0.693. The fourth-order valence-electron chi connectivity index (χ4n) is 1.46. The van der Waals surface area contributed by atoms with E-state index in [-0.39, 0.29) is 5.56 Å². The minimum atomic E-state index is -1.15. The first-order valence-corrected chi connectivity index (χ1v) is 3.92. The smallest absolute Gasteiger partial charge is 0.330 e. The molecule has 14 heavy (non-hydrogen) atoms. The van der Waals surface area contributed by atoms with Crippen LogP contribution in [0, 0.1) is 5.82 Å². The van der Waals surface area contributed by atoms with E-state index >= 15 is 0 Å². The molecule has 1 aliphatic heterocycles. The van der Waals surface area contributed by atoms with Gasteiger partial charge in [-0.15, -0.1) is 0 Å². The van der Waals surface area contributed by atoms with E-state index in [4.69, 9.17) is 5.11 Å². The molecule has 1 amide bonds. The number of nitrogens with one attached hydrogen (secondary N) is 1. The van der Waals surface area contributed by atoms with Crippen molar-refractivity contribution >= 4 is 11.9 Å². The van der Waals surface area contributed by atoms with Gasteiger partial charge in [0.15, 0.2) is 6.04 Å². The summed E-state index contributed by atoms with van der Waals surface area (Å²) in [7, 11) is 0. The Bertz CT molecular complexity index is 430. The third-order valence-corrected chi connectivity index (χ3v) is 2.09. The second kappa shape index (κ2) is 2.80. The fraction of sp³-hybridized carbons (Fsp3) is 0.111. The summed E-state index contributed by atoms with van der Waals surface area (Å²) < 4.78 is 12.7. The summed E-state index contributed by atoms with van der Waals surface area (Å²) in [5, 5.41) is 11.0. The van der Waals surface area contributed by atoms with Crippen molar-refractivity contribution in [1.29, 1.82) is 0 Å². The zero-order chi connectivity index (χ0) is 10.3. The Hall–Kier alpha value is -1.91. The van der Waals surface area contributed by atoms with Gasteiger partial charge in [-0.1, -0.05) is 6.07 Å². The molecule has 1 aliphatic rings. The van der Waals surface area contributed by atoms with Gasteiger partial charge in [0.25, 0.3) is 5.91 Å². The van der Waals surface area contributed by atoms with E-state index in [0.29, 0.717) is 5.56 Å². The summed E-state index contributed by atoms with van der Waals surface area (Å²) in [6, 6.07) is 2.42. The van der Waals surface area contributed by atoms with Crippen LogP contribution in [-0.4, -0.2) is 17.0 Å². The van der Waals surface area contributed by atoms with Crippen molar-refractivity contribution in [1.82, 2.24) is 5.32 Å². The number of carboxylic acid groups (broad SMARTS) is 1. The first-order valence-electron chi connectivity index (χ1n) is 3.92. The Kier molecular flexibility index (Phi) is 1.73.